The number of nitrogens with one attached hydrogen (secondary N) is 1. The molecule has 1 amide bonds. The summed E-state index contributed by atoms with van der Waals surface area (Å²) in [7, 11) is 1.73. The summed E-state index contributed by atoms with van der Waals surface area (Å²) in [6.07, 6.45) is 2.03. The average Bonchev–Trinajstić information content (AvgIpc) is 2.28. The molecule has 1 rings (SSSR count). The molecule has 0 spiro atoms. The highest BCUT2D eigenvalue weighted by Crippen LogP contribution is 2.25. The molecule has 1 unspecified atom stereocenters. The highest BCUT2D eigenvalue weighted by Gasteiger charge is 2.38. The van der Waals surface area contributed by atoms with Crippen molar-refractivity contribution in [3.05, 3.63) is 0 Å². The maximum atomic E-state index is 12.4. The van der Waals surface area contributed by atoms with Crippen molar-refractivity contribution in [3.8, 4) is 0 Å². The Labute approximate surface area is 105 Å². The van der Waals surface area contributed by atoms with Crippen LogP contribution in [0.3, 0.4) is 0 Å². The molecule has 0 bridgehead atoms. The lowest BCUT2D eigenvalue weighted by atomic mass is 9.92. The van der Waals surface area contributed by atoms with Gasteiger partial charge in [-0.15, -0.1) is 0 Å². The van der Waals surface area contributed by atoms with Crippen LogP contribution >= 0.6 is 0 Å². The normalized spacial score (nSPS) is 26.1. The minimum atomic E-state index is -0.485. The molecule has 100 valence electrons. The van der Waals surface area contributed by atoms with Gasteiger partial charge in [0.1, 0.15) is 0 Å². The Morgan fingerprint density at radius 1 is 1.53 bits per heavy atom. The number of amides is 1. The van der Waals surface area contributed by atoms with Gasteiger partial charge in [0.25, 0.3) is 0 Å². The standard InChI is InChI=1S/C13H26N2O2/c1-6-14-12(2,3)11(16)15-9-7-8-13(4,10-15)17-5/h14H,6-10H2,1-5H3. The average molecular weight is 242 g/mol. The molecule has 1 saturated heterocycles. The molecule has 0 radical (unpaired) electrons. The van der Waals surface area contributed by atoms with Crippen LogP contribution in [0.4, 0.5) is 0 Å². The van der Waals surface area contributed by atoms with Crippen LogP contribution in [-0.4, -0.2) is 48.7 Å². The van der Waals surface area contributed by atoms with E-state index < -0.39 is 5.54 Å². The molecule has 1 aliphatic rings. The minimum absolute atomic E-state index is 0.169. The zero-order chi connectivity index (χ0) is 13.1. The fourth-order valence-electron chi connectivity index (χ4n) is 2.46. The van der Waals surface area contributed by atoms with Gasteiger partial charge in [0.15, 0.2) is 0 Å². The van der Waals surface area contributed by atoms with Gasteiger partial charge in [-0.25, -0.2) is 0 Å². The van der Waals surface area contributed by atoms with E-state index in [1.54, 1.807) is 7.11 Å². The summed E-state index contributed by atoms with van der Waals surface area (Å²) >= 11 is 0. The van der Waals surface area contributed by atoms with Crippen molar-refractivity contribution in [1.82, 2.24) is 10.2 Å². The molecule has 0 aromatic carbocycles. The van der Waals surface area contributed by atoms with Gasteiger partial charge in [-0.1, -0.05) is 6.92 Å². The summed E-state index contributed by atoms with van der Waals surface area (Å²) in [6, 6.07) is 0. The van der Waals surface area contributed by atoms with Crippen LogP contribution in [0, 0.1) is 0 Å². The SMILES string of the molecule is CCNC(C)(C)C(=O)N1CCCC(C)(OC)C1. The Kier molecular flexibility index (Phi) is 4.55. The van der Waals surface area contributed by atoms with Crippen molar-refractivity contribution >= 4 is 5.91 Å². The molecule has 1 fully saturated rings. The van der Waals surface area contributed by atoms with Crippen LogP contribution in [0.2, 0.25) is 0 Å². The number of nitrogens with zero attached hydrogens (tertiary/aromatic N) is 1. The van der Waals surface area contributed by atoms with E-state index in [0.29, 0.717) is 6.54 Å². The lowest BCUT2D eigenvalue weighted by Gasteiger charge is -2.42. The zero-order valence-corrected chi connectivity index (χ0v) is 11.8. The Hall–Kier alpha value is -0.610. The molecule has 1 aliphatic heterocycles. The van der Waals surface area contributed by atoms with Gasteiger partial charge >= 0.3 is 0 Å². The molecule has 4 heteroatoms. The third-order valence-electron chi connectivity index (χ3n) is 3.59. The predicted octanol–water partition coefficient (Wildman–Crippen LogP) is 1.40. The van der Waals surface area contributed by atoms with Crippen LogP contribution in [0.15, 0.2) is 0 Å². The Bertz CT molecular complexity index is 279. The number of carbonyl (C=O) groups excluding carboxylic acids is 1. The fraction of sp³-hybridized carbons (Fsp3) is 0.923. The highest BCUT2D eigenvalue weighted by atomic mass is 16.5. The number of hydrogen-bond acceptors (Lipinski definition) is 3. The van der Waals surface area contributed by atoms with E-state index in [2.05, 4.69) is 12.2 Å². The van der Waals surface area contributed by atoms with E-state index in [1.807, 2.05) is 25.7 Å². The number of methoxy groups -OCH3 is 1. The molecule has 1 atom stereocenters. The summed E-state index contributed by atoms with van der Waals surface area (Å²) < 4.78 is 5.52. The summed E-state index contributed by atoms with van der Waals surface area (Å²) in [5.74, 6) is 0.169. The molecule has 17 heavy (non-hydrogen) atoms. The molecular formula is C13H26N2O2. The van der Waals surface area contributed by atoms with Gasteiger partial charge in [-0.05, 0) is 40.2 Å². The van der Waals surface area contributed by atoms with E-state index in [-0.39, 0.29) is 11.5 Å². The first-order valence-electron chi connectivity index (χ1n) is 6.44. The van der Waals surface area contributed by atoms with Crippen molar-refractivity contribution in [1.29, 1.82) is 0 Å². The first kappa shape index (κ1) is 14.5. The maximum Gasteiger partial charge on any atom is 0.242 e. The summed E-state index contributed by atoms with van der Waals surface area (Å²) in [6.45, 7) is 10.3. The molecule has 0 saturated carbocycles. The van der Waals surface area contributed by atoms with Crippen molar-refractivity contribution < 1.29 is 9.53 Å². The molecule has 1 N–H and O–H groups in total. The van der Waals surface area contributed by atoms with Crippen LogP contribution in [-0.2, 0) is 9.53 Å². The fourth-order valence-corrected chi connectivity index (χ4v) is 2.46. The molecule has 0 aromatic rings. The molecular weight excluding hydrogens is 216 g/mol. The highest BCUT2D eigenvalue weighted by molar-refractivity contribution is 5.85. The van der Waals surface area contributed by atoms with Gasteiger partial charge in [0.05, 0.1) is 11.1 Å². The van der Waals surface area contributed by atoms with E-state index in [9.17, 15) is 4.79 Å². The second kappa shape index (κ2) is 5.36. The quantitative estimate of drug-likeness (QED) is 0.810. The topological polar surface area (TPSA) is 41.6 Å². The van der Waals surface area contributed by atoms with Gasteiger partial charge in [0.2, 0.25) is 5.91 Å². The van der Waals surface area contributed by atoms with E-state index in [1.165, 1.54) is 0 Å². The number of likely N-dealkylation sites (tertiary alicyclic amines) is 1. The number of carbonyl (C=O) groups is 1. The van der Waals surface area contributed by atoms with Crippen LogP contribution in [0.5, 0.6) is 0 Å². The zero-order valence-electron chi connectivity index (χ0n) is 11.8. The van der Waals surface area contributed by atoms with Crippen molar-refractivity contribution in [3.63, 3.8) is 0 Å². The van der Waals surface area contributed by atoms with Gasteiger partial charge < -0.3 is 15.0 Å². The number of likely N-dealkylation sites (N-methyl/N-ethyl adjacent to an activating group) is 1. The lowest BCUT2D eigenvalue weighted by Crippen LogP contribution is -2.59. The van der Waals surface area contributed by atoms with E-state index in [4.69, 9.17) is 4.74 Å². The maximum absolute atomic E-state index is 12.4. The Morgan fingerprint density at radius 3 is 2.71 bits per heavy atom. The third-order valence-corrected chi connectivity index (χ3v) is 3.59. The first-order valence-corrected chi connectivity index (χ1v) is 6.44. The molecule has 4 nitrogen and oxygen atoms in total. The van der Waals surface area contributed by atoms with Crippen molar-refractivity contribution in [2.45, 2.75) is 51.7 Å². The van der Waals surface area contributed by atoms with Crippen molar-refractivity contribution in [2.24, 2.45) is 0 Å². The summed E-state index contributed by atoms with van der Waals surface area (Å²) in [4.78, 5) is 14.3. The van der Waals surface area contributed by atoms with Gasteiger partial charge in [-0.3, -0.25) is 4.79 Å². The third kappa shape index (κ3) is 3.42. The monoisotopic (exact) mass is 242 g/mol. The van der Waals surface area contributed by atoms with E-state index >= 15 is 0 Å². The summed E-state index contributed by atoms with van der Waals surface area (Å²) in [5.41, 5.74) is -0.670. The largest absolute Gasteiger partial charge is 0.377 e. The van der Waals surface area contributed by atoms with E-state index in [0.717, 1.165) is 25.9 Å². The smallest absolute Gasteiger partial charge is 0.242 e. The molecule has 1 heterocycles. The predicted molar refractivity (Wildman–Crippen MR) is 69.0 cm³/mol. The Morgan fingerprint density at radius 2 is 2.18 bits per heavy atom. The summed E-state index contributed by atoms with van der Waals surface area (Å²) in [5, 5.41) is 3.23. The first-order chi connectivity index (χ1) is 7.84. The second-order valence-corrected chi connectivity index (χ2v) is 5.64. The molecule has 0 aliphatic carbocycles. The van der Waals surface area contributed by atoms with Gasteiger partial charge in [-0.2, -0.15) is 0 Å². The van der Waals surface area contributed by atoms with Crippen LogP contribution in [0.25, 0.3) is 0 Å². The van der Waals surface area contributed by atoms with Gasteiger partial charge in [0, 0.05) is 20.2 Å². The van der Waals surface area contributed by atoms with Crippen LogP contribution in [0.1, 0.15) is 40.5 Å². The number of ether oxygens (including phenoxy) is 1. The minimum Gasteiger partial charge on any atom is -0.377 e. The Balaban J connectivity index is 2.70. The lowest BCUT2D eigenvalue weighted by molar-refractivity contribution is -0.145. The molecule has 0 aromatic heterocycles. The number of rotatable bonds is 4. The second-order valence-electron chi connectivity index (χ2n) is 5.64. The van der Waals surface area contributed by atoms with Crippen LogP contribution < -0.4 is 5.32 Å². The number of piperidine rings is 1. The number of hydrogen-bond donors (Lipinski definition) is 1. The van der Waals surface area contributed by atoms with Crippen molar-refractivity contribution in [2.75, 3.05) is 26.7 Å².